The van der Waals surface area contributed by atoms with E-state index < -0.39 is 30.0 Å². The Morgan fingerprint density at radius 2 is 1.86 bits per heavy atom. The Morgan fingerprint density at radius 1 is 1.29 bits per heavy atom. The van der Waals surface area contributed by atoms with Crippen LogP contribution in [0.4, 0.5) is 4.79 Å². The number of nitrogens with two attached hydrogens (primary N) is 1. The molecule has 1 rings (SSSR count). The number of nitrogens with one attached hydrogen (secondary N) is 1. The van der Waals surface area contributed by atoms with Crippen molar-refractivity contribution in [3.8, 4) is 0 Å². The highest BCUT2D eigenvalue weighted by Crippen LogP contribution is 2.34. The van der Waals surface area contributed by atoms with E-state index >= 15 is 0 Å². The molecule has 1 heterocycles. The Kier molecular flexibility index (Phi) is 5.88. The Hall–Kier alpha value is -1.44. The van der Waals surface area contributed by atoms with E-state index in [1.807, 2.05) is 13.8 Å². The lowest BCUT2D eigenvalue weighted by Gasteiger charge is -2.31. The van der Waals surface area contributed by atoms with Crippen LogP contribution in [-0.2, 0) is 9.59 Å². The lowest BCUT2D eigenvalue weighted by molar-refractivity contribution is -0.141. The summed E-state index contributed by atoms with van der Waals surface area (Å²) in [6.45, 7) is 7.39. The molecule has 0 aromatic carbocycles. The second-order valence-corrected chi connectivity index (χ2v) is 6.95. The average Bonchev–Trinajstić information content (AvgIpc) is 2.79. The molecule has 21 heavy (non-hydrogen) atoms. The number of primary amides is 1. The van der Waals surface area contributed by atoms with Crippen molar-refractivity contribution in [1.82, 2.24) is 10.2 Å². The molecule has 0 spiro atoms. The summed E-state index contributed by atoms with van der Waals surface area (Å²) in [6, 6.07) is -2.25. The summed E-state index contributed by atoms with van der Waals surface area (Å²) in [5.74, 6) is -1.38. The van der Waals surface area contributed by atoms with E-state index in [9.17, 15) is 19.5 Å². The second kappa shape index (κ2) is 7.02. The molecule has 0 aromatic heterocycles. The largest absolute Gasteiger partial charge is 0.480 e. The van der Waals surface area contributed by atoms with Crippen molar-refractivity contribution in [1.29, 1.82) is 0 Å². The van der Waals surface area contributed by atoms with Gasteiger partial charge in [-0.2, -0.15) is 0 Å². The second-order valence-electron chi connectivity index (χ2n) is 5.80. The van der Waals surface area contributed by atoms with Crippen molar-refractivity contribution in [3.05, 3.63) is 0 Å². The third kappa shape index (κ3) is 4.03. The standard InChI is InChI=1S/C13H23N3O4S/c1-6(2)9(10(14)17)15-13(20)16-8(12(18)19)5-21-11(16)7(3)4/h6-9,11H,5H2,1-4H3,(H2,14,17)(H,15,20)(H,18,19). The normalized spacial score (nSPS) is 23.4. The molecular formula is C13H23N3O4S. The molecule has 3 atom stereocenters. The third-order valence-corrected chi connectivity index (χ3v) is 5.00. The first-order chi connectivity index (χ1) is 9.66. The number of urea groups is 1. The molecule has 7 nitrogen and oxygen atoms in total. The molecule has 0 aliphatic carbocycles. The van der Waals surface area contributed by atoms with E-state index in [1.165, 1.54) is 16.7 Å². The van der Waals surface area contributed by atoms with Gasteiger partial charge in [0.25, 0.3) is 0 Å². The predicted octanol–water partition coefficient (Wildman–Crippen LogP) is 0.690. The van der Waals surface area contributed by atoms with Gasteiger partial charge in [-0.3, -0.25) is 9.69 Å². The van der Waals surface area contributed by atoms with Crippen molar-refractivity contribution in [2.45, 2.75) is 45.2 Å². The Balaban J connectivity index is 2.94. The summed E-state index contributed by atoms with van der Waals surface area (Å²) in [5.41, 5.74) is 5.28. The molecule has 0 bridgehead atoms. The molecule has 1 aliphatic heterocycles. The number of thioether (sulfide) groups is 1. The summed E-state index contributed by atoms with van der Waals surface area (Å²) in [6.07, 6.45) is 0. The topological polar surface area (TPSA) is 113 Å². The molecule has 1 aliphatic rings. The quantitative estimate of drug-likeness (QED) is 0.690. The lowest BCUT2D eigenvalue weighted by Crippen LogP contribution is -2.57. The van der Waals surface area contributed by atoms with Gasteiger partial charge in [-0.1, -0.05) is 27.7 Å². The highest BCUT2D eigenvalue weighted by atomic mass is 32.2. The zero-order valence-corrected chi connectivity index (χ0v) is 13.5. The molecule has 1 fully saturated rings. The molecule has 0 radical (unpaired) electrons. The van der Waals surface area contributed by atoms with E-state index in [-0.39, 0.29) is 17.2 Å². The van der Waals surface area contributed by atoms with Crippen molar-refractivity contribution >= 4 is 29.7 Å². The smallest absolute Gasteiger partial charge is 0.327 e. The van der Waals surface area contributed by atoms with Gasteiger partial charge in [0.15, 0.2) is 0 Å². The Bertz CT molecular complexity index is 428. The van der Waals surface area contributed by atoms with Crippen LogP contribution >= 0.6 is 11.8 Å². The van der Waals surface area contributed by atoms with Crippen LogP contribution in [0.15, 0.2) is 0 Å². The van der Waals surface area contributed by atoms with Gasteiger partial charge in [0.05, 0.1) is 5.37 Å². The van der Waals surface area contributed by atoms with Gasteiger partial charge in [-0.25, -0.2) is 9.59 Å². The fraction of sp³-hybridized carbons (Fsp3) is 0.769. The summed E-state index contributed by atoms with van der Waals surface area (Å²) >= 11 is 1.44. The molecule has 1 saturated heterocycles. The third-order valence-electron chi connectivity index (χ3n) is 3.38. The zero-order valence-electron chi connectivity index (χ0n) is 12.7. The molecule has 8 heteroatoms. The fourth-order valence-electron chi connectivity index (χ4n) is 2.26. The van der Waals surface area contributed by atoms with Crippen molar-refractivity contribution in [2.75, 3.05) is 5.75 Å². The van der Waals surface area contributed by atoms with Crippen LogP contribution in [0.1, 0.15) is 27.7 Å². The van der Waals surface area contributed by atoms with Crippen LogP contribution in [0.3, 0.4) is 0 Å². The monoisotopic (exact) mass is 317 g/mol. The highest BCUT2D eigenvalue weighted by Gasteiger charge is 2.43. The number of nitrogens with zero attached hydrogens (tertiary/aromatic N) is 1. The van der Waals surface area contributed by atoms with Gasteiger partial charge >= 0.3 is 12.0 Å². The number of hydrogen-bond donors (Lipinski definition) is 3. The summed E-state index contributed by atoms with van der Waals surface area (Å²) < 4.78 is 0. The van der Waals surface area contributed by atoms with Gasteiger partial charge in [0.1, 0.15) is 12.1 Å². The van der Waals surface area contributed by atoms with Crippen LogP contribution in [0, 0.1) is 11.8 Å². The van der Waals surface area contributed by atoms with Gasteiger partial charge in [-0.05, 0) is 11.8 Å². The van der Waals surface area contributed by atoms with Gasteiger partial charge < -0.3 is 16.2 Å². The molecule has 3 amide bonds. The maximum Gasteiger partial charge on any atom is 0.327 e. The van der Waals surface area contributed by atoms with Crippen LogP contribution in [0.5, 0.6) is 0 Å². The summed E-state index contributed by atoms with van der Waals surface area (Å²) in [7, 11) is 0. The first-order valence-electron chi connectivity index (χ1n) is 6.89. The van der Waals surface area contributed by atoms with E-state index in [0.29, 0.717) is 5.75 Å². The number of rotatable bonds is 5. The van der Waals surface area contributed by atoms with Crippen molar-refractivity contribution in [2.24, 2.45) is 17.6 Å². The molecule has 120 valence electrons. The minimum absolute atomic E-state index is 0.108. The molecule has 0 saturated carbocycles. The molecule has 4 N–H and O–H groups in total. The summed E-state index contributed by atoms with van der Waals surface area (Å²) in [4.78, 5) is 36.4. The number of carboxylic acids is 1. The minimum Gasteiger partial charge on any atom is -0.480 e. The van der Waals surface area contributed by atoms with Crippen LogP contribution in [-0.4, -0.2) is 51.1 Å². The van der Waals surface area contributed by atoms with Crippen molar-refractivity contribution < 1.29 is 19.5 Å². The summed E-state index contributed by atoms with van der Waals surface area (Å²) in [5, 5.41) is 11.6. The number of hydrogen-bond acceptors (Lipinski definition) is 4. The number of amides is 3. The minimum atomic E-state index is -1.04. The molecule has 3 unspecified atom stereocenters. The zero-order chi connectivity index (χ0) is 16.3. The van der Waals surface area contributed by atoms with Gasteiger partial charge in [0.2, 0.25) is 5.91 Å². The van der Waals surface area contributed by atoms with Gasteiger partial charge in [-0.15, -0.1) is 11.8 Å². The first-order valence-corrected chi connectivity index (χ1v) is 7.94. The van der Waals surface area contributed by atoms with Gasteiger partial charge in [0, 0.05) is 5.75 Å². The van der Waals surface area contributed by atoms with Crippen LogP contribution in [0.25, 0.3) is 0 Å². The maximum absolute atomic E-state index is 12.4. The van der Waals surface area contributed by atoms with Crippen LogP contribution in [0.2, 0.25) is 0 Å². The van der Waals surface area contributed by atoms with E-state index in [4.69, 9.17) is 5.73 Å². The average molecular weight is 317 g/mol. The van der Waals surface area contributed by atoms with E-state index in [1.54, 1.807) is 13.8 Å². The fourth-order valence-corrected chi connectivity index (χ4v) is 3.73. The maximum atomic E-state index is 12.4. The van der Waals surface area contributed by atoms with E-state index in [2.05, 4.69) is 5.32 Å². The SMILES string of the molecule is CC(C)C(NC(=O)N1C(C(=O)O)CSC1C(C)C)C(N)=O. The number of carbonyl (C=O) groups is 3. The first kappa shape index (κ1) is 17.6. The van der Waals surface area contributed by atoms with E-state index in [0.717, 1.165) is 0 Å². The predicted molar refractivity (Wildman–Crippen MR) is 80.7 cm³/mol. The molecular weight excluding hydrogens is 294 g/mol. The number of aliphatic carboxylic acids is 1. The lowest BCUT2D eigenvalue weighted by atomic mass is 10.0. The highest BCUT2D eigenvalue weighted by molar-refractivity contribution is 8.00. The van der Waals surface area contributed by atoms with Crippen LogP contribution < -0.4 is 11.1 Å². The Labute approximate surface area is 128 Å². The Morgan fingerprint density at radius 3 is 2.24 bits per heavy atom. The number of carbonyl (C=O) groups excluding carboxylic acids is 2. The molecule has 0 aromatic rings. The number of carboxylic acid groups (broad SMARTS) is 1. The van der Waals surface area contributed by atoms with Crippen molar-refractivity contribution in [3.63, 3.8) is 0 Å².